The number of sulfone groups is 1. The highest BCUT2D eigenvalue weighted by atomic mass is 32.2. The Morgan fingerprint density at radius 2 is 1.92 bits per heavy atom. The topological polar surface area (TPSA) is 81.5 Å². The summed E-state index contributed by atoms with van der Waals surface area (Å²) in [7, 11) is -3.97. The fourth-order valence-electron chi connectivity index (χ4n) is 4.47. The first-order valence-electron chi connectivity index (χ1n) is 12.2. The summed E-state index contributed by atoms with van der Waals surface area (Å²) in [5.74, 6) is -1.21. The minimum Gasteiger partial charge on any atom is -0.376 e. The lowest BCUT2D eigenvalue weighted by Gasteiger charge is -2.28. The van der Waals surface area contributed by atoms with Gasteiger partial charge in [0.05, 0.1) is 36.8 Å². The Morgan fingerprint density at radius 1 is 1.19 bits per heavy atom. The molecule has 0 saturated carbocycles. The van der Waals surface area contributed by atoms with E-state index in [1.165, 1.54) is 24.4 Å². The Balaban J connectivity index is 1.70. The fourth-order valence-corrected chi connectivity index (χ4v) is 5.98. The predicted molar refractivity (Wildman–Crippen MR) is 135 cm³/mol. The molecule has 1 aliphatic rings. The van der Waals surface area contributed by atoms with Crippen molar-refractivity contribution in [2.75, 3.05) is 6.61 Å². The largest absolute Gasteiger partial charge is 0.376 e. The summed E-state index contributed by atoms with van der Waals surface area (Å²) >= 11 is 0. The maximum Gasteiger partial charge on any atom is 0.254 e. The number of halogens is 1. The van der Waals surface area contributed by atoms with Crippen LogP contribution in [0, 0.1) is 12.7 Å². The van der Waals surface area contributed by atoms with E-state index < -0.39 is 21.4 Å². The van der Waals surface area contributed by atoms with Crippen LogP contribution in [0.15, 0.2) is 59.9 Å². The van der Waals surface area contributed by atoms with Gasteiger partial charge in [0.25, 0.3) is 5.91 Å². The maximum atomic E-state index is 14.3. The number of amides is 1. The molecule has 1 saturated heterocycles. The van der Waals surface area contributed by atoms with Crippen LogP contribution in [0.3, 0.4) is 0 Å². The molecule has 36 heavy (non-hydrogen) atoms. The van der Waals surface area contributed by atoms with Crippen molar-refractivity contribution in [1.29, 1.82) is 0 Å². The molecular weight excluding hydrogens is 481 g/mol. The van der Waals surface area contributed by atoms with Gasteiger partial charge in [-0.15, -0.1) is 0 Å². The molecule has 3 aromatic rings. The van der Waals surface area contributed by atoms with Crippen LogP contribution < -0.4 is 0 Å². The first-order valence-corrected chi connectivity index (χ1v) is 13.8. The maximum absolute atomic E-state index is 14.3. The van der Waals surface area contributed by atoms with Gasteiger partial charge in [0, 0.05) is 23.8 Å². The number of nitrogens with zero attached hydrogens (tertiary/aromatic N) is 3. The third kappa shape index (κ3) is 5.68. The second-order valence-electron chi connectivity index (χ2n) is 9.47. The minimum atomic E-state index is -3.97. The molecule has 0 N–H and O–H groups in total. The van der Waals surface area contributed by atoms with Gasteiger partial charge in [-0.1, -0.05) is 36.4 Å². The lowest BCUT2D eigenvalue weighted by Crippen LogP contribution is -2.37. The zero-order chi connectivity index (χ0) is 25.9. The Morgan fingerprint density at radius 3 is 2.58 bits per heavy atom. The molecular formula is C27H32FN3O4S. The van der Waals surface area contributed by atoms with Gasteiger partial charge >= 0.3 is 0 Å². The van der Waals surface area contributed by atoms with E-state index in [9.17, 15) is 17.6 Å². The first-order chi connectivity index (χ1) is 17.2. The molecule has 1 atom stereocenters. The van der Waals surface area contributed by atoms with E-state index >= 15 is 0 Å². The fraction of sp³-hybridized carbons (Fsp3) is 0.407. The van der Waals surface area contributed by atoms with Crippen LogP contribution in [-0.2, 0) is 33.4 Å². The van der Waals surface area contributed by atoms with Gasteiger partial charge in [-0.3, -0.25) is 4.79 Å². The number of aromatic nitrogens is 2. The molecule has 0 unspecified atom stereocenters. The van der Waals surface area contributed by atoms with E-state index in [-0.39, 0.29) is 35.3 Å². The van der Waals surface area contributed by atoms with Crippen molar-refractivity contribution in [2.24, 2.45) is 0 Å². The highest BCUT2D eigenvalue weighted by molar-refractivity contribution is 7.90. The zero-order valence-electron chi connectivity index (χ0n) is 20.9. The van der Waals surface area contributed by atoms with Crippen LogP contribution >= 0.6 is 0 Å². The predicted octanol–water partition coefficient (Wildman–Crippen LogP) is 4.53. The Bertz CT molecular complexity index is 1330. The van der Waals surface area contributed by atoms with E-state index in [4.69, 9.17) is 4.74 Å². The molecule has 0 aliphatic carbocycles. The minimum absolute atomic E-state index is 0.0873. The summed E-state index contributed by atoms with van der Waals surface area (Å²) in [5.41, 5.74) is 2.15. The van der Waals surface area contributed by atoms with Crippen LogP contribution in [0.25, 0.3) is 0 Å². The third-order valence-electron chi connectivity index (χ3n) is 6.49. The number of hydrogen-bond acceptors (Lipinski definition) is 5. The highest BCUT2D eigenvalue weighted by Crippen LogP contribution is 2.24. The van der Waals surface area contributed by atoms with Gasteiger partial charge in [0.2, 0.25) is 15.0 Å². The van der Waals surface area contributed by atoms with E-state index in [2.05, 4.69) is 4.98 Å². The van der Waals surface area contributed by atoms with Crippen molar-refractivity contribution >= 4 is 15.7 Å². The molecule has 4 rings (SSSR count). The van der Waals surface area contributed by atoms with E-state index in [0.717, 1.165) is 18.4 Å². The number of hydrogen-bond donors (Lipinski definition) is 0. The normalized spacial score (nSPS) is 16.0. The lowest BCUT2D eigenvalue weighted by molar-refractivity contribution is 0.0677. The summed E-state index contributed by atoms with van der Waals surface area (Å²) in [6, 6.07) is 13.1. The summed E-state index contributed by atoms with van der Waals surface area (Å²) in [6.45, 7) is 6.84. The molecule has 1 aromatic heterocycles. The molecule has 0 radical (unpaired) electrons. The van der Waals surface area contributed by atoms with Gasteiger partial charge in [-0.2, -0.15) is 0 Å². The number of benzene rings is 2. The second-order valence-corrected chi connectivity index (χ2v) is 11.4. The number of aryl methyl sites for hydroxylation is 1. The van der Waals surface area contributed by atoms with Crippen molar-refractivity contribution in [3.8, 4) is 0 Å². The monoisotopic (exact) mass is 513 g/mol. The van der Waals surface area contributed by atoms with Crippen molar-refractivity contribution in [1.82, 2.24) is 14.5 Å². The Kier molecular flexibility index (Phi) is 7.90. The standard InChI is InChI=1S/C27H32FN3O4S/c1-19(2)30(26(32)24-12-6-4-9-20(24)3)16-22-15-29-27(31(22)17-23-11-8-14-35-23)36(33,34)18-21-10-5-7-13-25(21)28/h4-7,9-10,12-13,15,19,23H,8,11,14,16-18H2,1-3H3/t23-/m1/s1. The first kappa shape index (κ1) is 26.0. The van der Waals surface area contributed by atoms with Crippen LogP contribution in [0.4, 0.5) is 4.39 Å². The highest BCUT2D eigenvalue weighted by Gasteiger charge is 2.30. The van der Waals surface area contributed by atoms with E-state index in [0.29, 0.717) is 24.4 Å². The number of rotatable bonds is 9. The molecule has 1 aliphatic heterocycles. The molecule has 2 heterocycles. The van der Waals surface area contributed by atoms with Gasteiger partial charge in [-0.05, 0) is 51.3 Å². The Hall–Kier alpha value is -3.04. The molecule has 192 valence electrons. The van der Waals surface area contributed by atoms with Crippen molar-refractivity contribution < 1.29 is 22.3 Å². The quantitative estimate of drug-likeness (QED) is 0.420. The Labute approximate surface area is 211 Å². The van der Waals surface area contributed by atoms with E-state index in [1.807, 2.05) is 39.0 Å². The van der Waals surface area contributed by atoms with Gasteiger partial charge in [0.1, 0.15) is 5.82 Å². The molecule has 2 aromatic carbocycles. The number of imidazole rings is 1. The zero-order valence-corrected chi connectivity index (χ0v) is 21.7. The number of ether oxygens (including phenoxy) is 1. The average Bonchev–Trinajstić information content (AvgIpc) is 3.49. The summed E-state index contributed by atoms with van der Waals surface area (Å²) < 4.78 is 48.5. The average molecular weight is 514 g/mol. The van der Waals surface area contributed by atoms with Crippen LogP contribution in [0.1, 0.15) is 53.9 Å². The number of carbonyl (C=O) groups excluding carboxylic acids is 1. The van der Waals surface area contributed by atoms with Crippen molar-refractivity contribution in [2.45, 2.75) is 69.8 Å². The molecule has 0 spiro atoms. The molecule has 7 nitrogen and oxygen atoms in total. The lowest BCUT2D eigenvalue weighted by atomic mass is 10.1. The van der Waals surface area contributed by atoms with Gasteiger partial charge in [0.15, 0.2) is 0 Å². The van der Waals surface area contributed by atoms with Crippen molar-refractivity contribution in [3.05, 3.63) is 82.9 Å². The van der Waals surface area contributed by atoms with Crippen LogP contribution in [0.2, 0.25) is 0 Å². The van der Waals surface area contributed by atoms with E-state index in [1.54, 1.807) is 21.6 Å². The van der Waals surface area contributed by atoms with Crippen LogP contribution in [0.5, 0.6) is 0 Å². The van der Waals surface area contributed by atoms with Crippen molar-refractivity contribution in [3.63, 3.8) is 0 Å². The molecule has 1 amide bonds. The number of carbonyl (C=O) groups is 1. The van der Waals surface area contributed by atoms with Crippen LogP contribution in [-0.4, -0.2) is 47.5 Å². The second kappa shape index (κ2) is 10.9. The molecule has 0 bridgehead atoms. The summed E-state index contributed by atoms with van der Waals surface area (Å²) in [4.78, 5) is 19.4. The SMILES string of the molecule is Cc1ccccc1C(=O)N(Cc1cnc(S(=O)(=O)Cc2ccccc2F)n1C[C@H]1CCCO1)C(C)C. The molecule has 9 heteroatoms. The third-order valence-corrected chi connectivity index (χ3v) is 8.06. The smallest absolute Gasteiger partial charge is 0.254 e. The molecule has 1 fully saturated rings. The van der Waals surface area contributed by atoms with Gasteiger partial charge in [-0.25, -0.2) is 17.8 Å². The summed E-state index contributed by atoms with van der Waals surface area (Å²) in [6.07, 6.45) is 3.06. The summed E-state index contributed by atoms with van der Waals surface area (Å²) in [5, 5.41) is -0.136. The van der Waals surface area contributed by atoms with Gasteiger partial charge < -0.3 is 14.2 Å².